The van der Waals surface area contributed by atoms with Crippen LogP contribution in [-0.4, -0.2) is 24.0 Å². The maximum atomic E-state index is 11.6. The van der Waals surface area contributed by atoms with Gasteiger partial charge in [-0.25, -0.2) is 0 Å². The summed E-state index contributed by atoms with van der Waals surface area (Å²) in [6, 6.07) is 15.4. The fourth-order valence-corrected chi connectivity index (χ4v) is 3.59. The summed E-state index contributed by atoms with van der Waals surface area (Å²) in [5.74, 6) is 0.730. The summed E-state index contributed by atoms with van der Waals surface area (Å²) in [7, 11) is 0. The van der Waals surface area contributed by atoms with Crippen LogP contribution < -0.4 is 4.90 Å². The van der Waals surface area contributed by atoms with Crippen molar-refractivity contribution >= 4 is 23.1 Å². The van der Waals surface area contributed by atoms with Gasteiger partial charge in [-0.1, -0.05) is 41.9 Å². The molecule has 1 unspecified atom stereocenters. The van der Waals surface area contributed by atoms with Gasteiger partial charge in [0.05, 0.1) is 0 Å². The van der Waals surface area contributed by atoms with Crippen molar-refractivity contribution in [1.82, 2.24) is 0 Å². The molecule has 2 aromatic carbocycles. The number of benzene rings is 2. The SMILES string of the molecule is OC1(c2ccccc2)C2=NCCCCN2c2ccc(Cl)cc21. The number of halogens is 1. The van der Waals surface area contributed by atoms with E-state index in [1.165, 1.54) is 0 Å². The largest absolute Gasteiger partial charge is 0.373 e. The summed E-state index contributed by atoms with van der Waals surface area (Å²) < 4.78 is 0. The van der Waals surface area contributed by atoms with Crippen LogP contribution in [0.15, 0.2) is 53.5 Å². The number of nitrogens with zero attached hydrogens (tertiary/aromatic N) is 2. The second-order valence-corrected chi connectivity index (χ2v) is 6.24. The average molecular weight is 313 g/mol. The van der Waals surface area contributed by atoms with Crippen LogP contribution in [0.25, 0.3) is 0 Å². The number of fused-ring (bicyclic) bond motifs is 3. The average Bonchev–Trinajstić information content (AvgIpc) is 2.72. The van der Waals surface area contributed by atoms with Crippen molar-refractivity contribution < 1.29 is 5.11 Å². The second-order valence-electron chi connectivity index (χ2n) is 5.80. The third kappa shape index (κ3) is 1.89. The minimum atomic E-state index is -1.22. The minimum absolute atomic E-state index is 0.631. The van der Waals surface area contributed by atoms with Gasteiger partial charge in [0, 0.05) is 29.4 Å². The van der Waals surface area contributed by atoms with Gasteiger partial charge in [0.25, 0.3) is 0 Å². The molecule has 2 heterocycles. The standard InChI is InChI=1S/C18H17ClN2O/c19-14-8-9-16-15(12-14)18(22,13-6-2-1-3-7-13)17-20-10-4-5-11-21(16)17/h1-3,6-9,12,22H,4-5,10-11H2. The summed E-state index contributed by atoms with van der Waals surface area (Å²) >= 11 is 6.20. The Kier molecular flexibility index (Phi) is 3.21. The van der Waals surface area contributed by atoms with Crippen molar-refractivity contribution in [2.75, 3.05) is 18.0 Å². The third-order valence-electron chi connectivity index (χ3n) is 4.46. The maximum absolute atomic E-state index is 11.6. The number of aliphatic imine (C=N–C) groups is 1. The molecular weight excluding hydrogens is 296 g/mol. The first-order valence-electron chi connectivity index (χ1n) is 7.61. The highest BCUT2D eigenvalue weighted by Gasteiger charge is 2.49. The van der Waals surface area contributed by atoms with Gasteiger partial charge in [-0.2, -0.15) is 0 Å². The zero-order valence-corrected chi connectivity index (χ0v) is 12.9. The topological polar surface area (TPSA) is 35.8 Å². The van der Waals surface area contributed by atoms with Crippen LogP contribution >= 0.6 is 11.6 Å². The molecule has 2 aliphatic rings. The van der Waals surface area contributed by atoms with Crippen molar-refractivity contribution in [2.45, 2.75) is 18.4 Å². The Bertz CT molecular complexity index is 744. The number of amidine groups is 1. The first-order valence-corrected chi connectivity index (χ1v) is 7.99. The molecule has 0 amide bonds. The lowest BCUT2D eigenvalue weighted by Gasteiger charge is -2.27. The summed E-state index contributed by atoms with van der Waals surface area (Å²) in [5.41, 5.74) is 1.45. The molecule has 112 valence electrons. The van der Waals surface area contributed by atoms with Gasteiger partial charge in [-0.15, -0.1) is 0 Å². The molecule has 1 atom stereocenters. The lowest BCUT2D eigenvalue weighted by Crippen LogP contribution is -2.41. The molecule has 2 aliphatic heterocycles. The van der Waals surface area contributed by atoms with Crippen LogP contribution in [0, 0.1) is 0 Å². The predicted octanol–water partition coefficient (Wildman–Crippen LogP) is 3.59. The summed E-state index contributed by atoms with van der Waals surface area (Å²) in [6.07, 6.45) is 2.12. The molecular formula is C18H17ClN2O. The molecule has 0 saturated carbocycles. The Hall–Kier alpha value is -1.84. The van der Waals surface area contributed by atoms with E-state index in [4.69, 9.17) is 16.6 Å². The van der Waals surface area contributed by atoms with Crippen LogP contribution in [0.5, 0.6) is 0 Å². The van der Waals surface area contributed by atoms with Crippen molar-refractivity contribution in [2.24, 2.45) is 4.99 Å². The second kappa shape index (κ2) is 5.11. The number of hydrogen-bond donors (Lipinski definition) is 1. The Morgan fingerprint density at radius 3 is 2.73 bits per heavy atom. The van der Waals surface area contributed by atoms with E-state index < -0.39 is 5.60 Å². The molecule has 0 bridgehead atoms. The Morgan fingerprint density at radius 2 is 1.91 bits per heavy atom. The van der Waals surface area contributed by atoms with E-state index in [1.807, 2.05) is 48.5 Å². The lowest BCUT2D eigenvalue weighted by atomic mass is 9.87. The smallest absolute Gasteiger partial charge is 0.174 e. The van der Waals surface area contributed by atoms with Gasteiger partial charge in [-0.3, -0.25) is 4.99 Å². The van der Waals surface area contributed by atoms with Crippen LogP contribution in [0.3, 0.4) is 0 Å². The maximum Gasteiger partial charge on any atom is 0.174 e. The van der Waals surface area contributed by atoms with E-state index in [-0.39, 0.29) is 0 Å². The van der Waals surface area contributed by atoms with Gasteiger partial charge in [0.15, 0.2) is 5.60 Å². The van der Waals surface area contributed by atoms with Crippen molar-refractivity contribution in [3.8, 4) is 0 Å². The number of anilines is 1. The minimum Gasteiger partial charge on any atom is -0.373 e. The molecule has 0 aliphatic carbocycles. The Labute approximate surface area is 134 Å². The van der Waals surface area contributed by atoms with Gasteiger partial charge in [0.2, 0.25) is 0 Å². The third-order valence-corrected chi connectivity index (χ3v) is 4.70. The van der Waals surface area contributed by atoms with Crippen LogP contribution in [0.4, 0.5) is 5.69 Å². The van der Waals surface area contributed by atoms with Gasteiger partial charge >= 0.3 is 0 Å². The summed E-state index contributed by atoms with van der Waals surface area (Å²) in [6.45, 7) is 1.63. The highest BCUT2D eigenvalue weighted by molar-refractivity contribution is 6.31. The van der Waals surface area contributed by atoms with E-state index in [9.17, 15) is 5.11 Å². The first kappa shape index (κ1) is 13.8. The first-order chi connectivity index (χ1) is 10.7. The Morgan fingerprint density at radius 1 is 1.09 bits per heavy atom. The monoisotopic (exact) mass is 312 g/mol. The highest BCUT2D eigenvalue weighted by atomic mass is 35.5. The van der Waals surface area contributed by atoms with Crippen molar-refractivity contribution in [1.29, 1.82) is 0 Å². The zero-order chi connectivity index (χ0) is 15.2. The fraction of sp³-hybridized carbons (Fsp3) is 0.278. The van der Waals surface area contributed by atoms with E-state index in [0.717, 1.165) is 48.6 Å². The normalized spacial score (nSPS) is 23.5. The molecule has 1 N–H and O–H groups in total. The zero-order valence-electron chi connectivity index (χ0n) is 12.2. The molecule has 22 heavy (non-hydrogen) atoms. The Balaban J connectivity index is 2.00. The molecule has 0 fully saturated rings. The molecule has 0 radical (unpaired) electrons. The predicted molar refractivity (Wildman–Crippen MR) is 89.8 cm³/mol. The number of hydrogen-bond acceptors (Lipinski definition) is 3. The summed E-state index contributed by atoms with van der Waals surface area (Å²) in [5, 5.41) is 12.3. The molecule has 2 aromatic rings. The van der Waals surface area contributed by atoms with Crippen molar-refractivity contribution in [3.05, 3.63) is 64.7 Å². The van der Waals surface area contributed by atoms with E-state index in [0.29, 0.717) is 5.02 Å². The fourth-order valence-electron chi connectivity index (χ4n) is 3.42. The van der Waals surface area contributed by atoms with Crippen LogP contribution in [-0.2, 0) is 5.60 Å². The number of rotatable bonds is 1. The van der Waals surface area contributed by atoms with Gasteiger partial charge in [-0.05, 0) is 36.6 Å². The molecule has 0 saturated heterocycles. The summed E-state index contributed by atoms with van der Waals surface area (Å²) in [4.78, 5) is 6.85. The number of aliphatic hydroxyl groups is 1. The van der Waals surface area contributed by atoms with E-state index in [1.54, 1.807) is 0 Å². The van der Waals surface area contributed by atoms with Gasteiger partial charge in [0.1, 0.15) is 5.84 Å². The molecule has 0 spiro atoms. The van der Waals surface area contributed by atoms with Crippen LogP contribution in [0.1, 0.15) is 24.0 Å². The van der Waals surface area contributed by atoms with E-state index in [2.05, 4.69) is 4.90 Å². The van der Waals surface area contributed by atoms with Crippen LogP contribution in [0.2, 0.25) is 5.02 Å². The highest BCUT2D eigenvalue weighted by Crippen LogP contribution is 2.46. The quantitative estimate of drug-likeness (QED) is 0.873. The van der Waals surface area contributed by atoms with Gasteiger partial charge < -0.3 is 10.0 Å². The molecule has 4 heteroatoms. The molecule has 4 rings (SSSR count). The lowest BCUT2D eigenvalue weighted by molar-refractivity contribution is 0.159. The molecule has 3 nitrogen and oxygen atoms in total. The van der Waals surface area contributed by atoms with Crippen molar-refractivity contribution in [3.63, 3.8) is 0 Å². The molecule has 0 aromatic heterocycles. The van der Waals surface area contributed by atoms with E-state index >= 15 is 0 Å².